The Morgan fingerprint density at radius 2 is 0.537 bits per heavy atom. The van der Waals surface area contributed by atoms with Gasteiger partial charge in [0, 0.05) is 44.9 Å². The fourth-order valence-corrected chi connectivity index (χ4v) is 14.5. The first-order valence-corrected chi connectivity index (χ1v) is 37.2. The molecule has 6 nitrogen and oxygen atoms in total. The van der Waals surface area contributed by atoms with Gasteiger partial charge in [-0.1, -0.05) is 263 Å². The molecule has 17 aromatic rings. The third kappa shape index (κ3) is 16.9. The second-order valence-corrected chi connectivity index (χ2v) is 28.6. The van der Waals surface area contributed by atoms with Gasteiger partial charge in [-0.15, -0.1) is 178 Å². The van der Waals surface area contributed by atoms with E-state index in [0.29, 0.717) is 11.4 Å². The molecule has 108 heavy (non-hydrogen) atoms. The Morgan fingerprint density at radius 3 is 0.861 bits per heavy atom. The number of benzene rings is 11. The van der Waals surface area contributed by atoms with E-state index in [1.165, 1.54) is 0 Å². The van der Waals surface area contributed by atoms with Gasteiger partial charge in [0.15, 0.2) is 0 Å². The zero-order chi connectivity index (χ0) is 71.7. The standard InChI is InChI=1S/C56H31Br2N4.C40H24Br2N2.2Ir/c57-45-13-9-11-37(32-45)53-25-22-39(34-60-53)47-15-1-4-18-50(47)42-29-43(51-19-5-2-16-48(51)40-23-26-54(61-35-40)38-12-10-14-46(58)33-38)31-44(30-42)52-20-6-3-17-49(52)41-24-27-56(62-36-41)55-21-7-8-28-59-55;41-33-12-6-10-29(23-33)39-20-18-31(25-43-39)37-16-3-1-14-35(37)27-8-5-9-28(22-27)36-15-2-4-17-38(36)32-19-21-40(44-26-32)30-11-7-13-34(42)24-30;;/h1-10,13-16,18-20,22-26,28-36H;1-9,12-26H;;/q-5;-2;;+3. The van der Waals surface area contributed by atoms with Gasteiger partial charge in [-0.25, -0.2) is 12.1 Å². The van der Waals surface area contributed by atoms with Crippen LogP contribution in [0.3, 0.4) is 0 Å². The summed E-state index contributed by atoms with van der Waals surface area (Å²) in [5.74, 6) is 0. The minimum atomic E-state index is 0. The summed E-state index contributed by atoms with van der Waals surface area (Å²) in [5, 5.41) is 0. The molecule has 0 saturated heterocycles. The number of hydrogen-bond donors (Lipinski definition) is 0. The van der Waals surface area contributed by atoms with Gasteiger partial charge >= 0.3 is 20.1 Å². The Balaban J connectivity index is 0.000000188. The van der Waals surface area contributed by atoms with Crippen molar-refractivity contribution in [3.63, 3.8) is 0 Å². The summed E-state index contributed by atoms with van der Waals surface area (Å²) in [6.45, 7) is 0. The van der Waals surface area contributed by atoms with Gasteiger partial charge in [-0.2, -0.15) is 12.1 Å². The van der Waals surface area contributed by atoms with Crippen molar-refractivity contribution in [1.29, 1.82) is 0 Å². The van der Waals surface area contributed by atoms with Crippen LogP contribution in [0.1, 0.15) is 0 Å². The molecular formula is C96H55Br4Ir2N6-4. The number of halogens is 4. The molecule has 0 unspecified atom stereocenters. The summed E-state index contributed by atoms with van der Waals surface area (Å²) in [6.07, 6.45) is 11.4. The van der Waals surface area contributed by atoms with Crippen LogP contribution in [-0.4, -0.2) is 29.9 Å². The minimum absolute atomic E-state index is 0. The molecule has 0 bridgehead atoms. The van der Waals surface area contributed by atoms with Crippen LogP contribution >= 0.6 is 63.7 Å². The van der Waals surface area contributed by atoms with Crippen LogP contribution in [0.25, 0.3) is 168 Å². The second-order valence-electron chi connectivity index (χ2n) is 24.9. The van der Waals surface area contributed by atoms with Crippen LogP contribution in [0, 0.1) is 42.5 Å². The van der Waals surface area contributed by atoms with E-state index in [-0.39, 0.29) is 40.2 Å². The third-order valence-corrected chi connectivity index (χ3v) is 20.2. The summed E-state index contributed by atoms with van der Waals surface area (Å²) < 4.78 is 4.00. The van der Waals surface area contributed by atoms with Gasteiger partial charge in [-0.05, 0) is 136 Å². The molecule has 0 aliphatic heterocycles. The van der Waals surface area contributed by atoms with E-state index in [1.807, 2.05) is 134 Å². The summed E-state index contributed by atoms with van der Waals surface area (Å²) in [7, 11) is 0. The number of hydrogen-bond acceptors (Lipinski definition) is 6. The van der Waals surface area contributed by atoms with Crippen molar-refractivity contribution in [1.82, 2.24) is 29.9 Å². The van der Waals surface area contributed by atoms with Crippen molar-refractivity contribution in [3.05, 3.63) is 395 Å². The molecule has 6 heterocycles. The molecule has 0 amide bonds. The molecule has 0 aliphatic rings. The Labute approximate surface area is 689 Å². The van der Waals surface area contributed by atoms with Crippen molar-refractivity contribution in [2.75, 3.05) is 0 Å². The van der Waals surface area contributed by atoms with Crippen LogP contribution < -0.4 is 0 Å². The van der Waals surface area contributed by atoms with Crippen molar-refractivity contribution >= 4 is 63.7 Å². The summed E-state index contributed by atoms with van der Waals surface area (Å²) >= 11 is 14.3. The average Bonchev–Trinajstić information content (AvgIpc) is 0.789. The van der Waals surface area contributed by atoms with Crippen LogP contribution in [0.4, 0.5) is 0 Å². The Hall–Kier alpha value is -10.5. The smallest absolute Gasteiger partial charge is 0.357 e. The molecule has 0 spiro atoms. The molecular weight excluding hydrogens is 1940 g/mol. The number of rotatable bonds is 15. The molecule has 0 saturated carbocycles. The van der Waals surface area contributed by atoms with Crippen molar-refractivity contribution in [2.24, 2.45) is 0 Å². The fourth-order valence-electron chi connectivity index (χ4n) is 13.1. The summed E-state index contributed by atoms with van der Waals surface area (Å²) in [6, 6.07) is 125. The van der Waals surface area contributed by atoms with Gasteiger partial charge in [0.05, 0.1) is 0 Å². The summed E-state index contributed by atoms with van der Waals surface area (Å²) in [5.41, 5.74) is 29.9. The van der Waals surface area contributed by atoms with Crippen molar-refractivity contribution in [3.8, 4) is 168 Å². The van der Waals surface area contributed by atoms with Crippen LogP contribution in [-0.2, 0) is 40.2 Å². The first-order valence-electron chi connectivity index (χ1n) is 34.1. The molecule has 11 aromatic carbocycles. The van der Waals surface area contributed by atoms with Crippen molar-refractivity contribution < 1.29 is 40.2 Å². The quantitative estimate of drug-likeness (QED) is 0.0952. The maximum absolute atomic E-state index is 4.90. The van der Waals surface area contributed by atoms with Crippen LogP contribution in [0.5, 0.6) is 0 Å². The van der Waals surface area contributed by atoms with Crippen LogP contribution in [0.2, 0.25) is 0 Å². The van der Waals surface area contributed by atoms with Gasteiger partial charge in [-0.3, -0.25) is 0 Å². The molecule has 0 N–H and O–H groups in total. The number of pyridine rings is 6. The van der Waals surface area contributed by atoms with E-state index in [9.17, 15) is 0 Å². The predicted octanol–water partition coefficient (Wildman–Crippen LogP) is 26.4. The second kappa shape index (κ2) is 34.6. The normalized spacial score (nSPS) is 10.8. The fraction of sp³-hybridized carbons (Fsp3) is 0. The minimum Gasteiger partial charge on any atom is -0.357 e. The van der Waals surface area contributed by atoms with Crippen LogP contribution in [0.15, 0.2) is 352 Å². The van der Waals surface area contributed by atoms with E-state index in [4.69, 9.17) is 24.9 Å². The maximum Gasteiger partial charge on any atom is 3.00 e. The predicted molar refractivity (Wildman–Crippen MR) is 444 cm³/mol. The van der Waals surface area contributed by atoms with Gasteiger partial charge < -0.3 is 29.9 Å². The van der Waals surface area contributed by atoms with Crippen molar-refractivity contribution in [2.45, 2.75) is 0 Å². The zero-order valence-electron chi connectivity index (χ0n) is 57.1. The first kappa shape index (κ1) is 74.4. The average molecular weight is 2000 g/mol. The maximum atomic E-state index is 4.90. The van der Waals surface area contributed by atoms with Gasteiger partial charge in [0.25, 0.3) is 0 Å². The molecule has 0 aliphatic carbocycles. The van der Waals surface area contributed by atoms with E-state index in [0.717, 1.165) is 174 Å². The molecule has 0 atom stereocenters. The molecule has 0 fully saturated rings. The molecule has 12 heteroatoms. The summed E-state index contributed by atoms with van der Waals surface area (Å²) in [4.78, 5) is 28.5. The van der Waals surface area contributed by atoms with E-state index in [2.05, 4.69) is 305 Å². The van der Waals surface area contributed by atoms with E-state index in [1.54, 1.807) is 6.20 Å². The topological polar surface area (TPSA) is 77.3 Å². The van der Waals surface area contributed by atoms with Gasteiger partial charge in [0.2, 0.25) is 0 Å². The first-order chi connectivity index (χ1) is 52.2. The zero-order valence-corrected chi connectivity index (χ0v) is 68.3. The molecule has 17 rings (SSSR count). The molecule has 519 valence electrons. The van der Waals surface area contributed by atoms with E-state index < -0.39 is 0 Å². The van der Waals surface area contributed by atoms with E-state index >= 15 is 0 Å². The SMILES string of the molecule is Brc1cc[c-]c(-c2ccc(-c3ccccc3-c3cc(-c4ccc[c-]c4-c4c[c-]c(-c5[c-]cccn5)nc4)cc(-c4ccccc4-c4ccc(-c5[c-]ccc(Br)c5)nc4)c3)cn2)c1.Brc1cc[c-]c(-c2ccc(-c3ccccc3-c3cccc(-c4ccccc4-c4ccc(-c5[c-]ccc(Br)c5)nc4)c3)cn2)c1.[Ir+3].[Ir]. The Morgan fingerprint density at radius 1 is 0.222 bits per heavy atom. The number of nitrogens with zero attached hydrogens (tertiary/aromatic N) is 6. The largest absolute Gasteiger partial charge is 3.00 e. The Bertz CT molecular complexity index is 5710. The monoisotopic (exact) mass is 1990 g/mol. The molecule has 1 radical (unpaired) electrons. The molecule has 6 aromatic heterocycles. The van der Waals surface area contributed by atoms with Gasteiger partial charge in [0.1, 0.15) is 0 Å². The Kier molecular flexibility index (Phi) is 23.8. The number of aromatic nitrogens is 6. The third-order valence-electron chi connectivity index (χ3n) is 18.2.